The second-order valence-electron chi connectivity index (χ2n) is 4.34. The Balaban J connectivity index is 1.87. The quantitative estimate of drug-likeness (QED) is 0.835. The molecule has 0 saturated heterocycles. The number of hydrogen-bond acceptors (Lipinski definition) is 6. The van der Waals surface area contributed by atoms with Gasteiger partial charge in [0.15, 0.2) is 0 Å². The van der Waals surface area contributed by atoms with Gasteiger partial charge in [-0.3, -0.25) is 4.79 Å². The Labute approximate surface area is 120 Å². The number of ether oxygens (including phenoxy) is 1. The molecule has 2 rings (SSSR count). The molecule has 7 heteroatoms. The summed E-state index contributed by atoms with van der Waals surface area (Å²) in [5, 5.41) is 8.00. The third-order valence-electron chi connectivity index (χ3n) is 2.77. The second-order valence-corrected chi connectivity index (χ2v) is 5.27. The molecule has 0 fully saturated rings. The molecular formula is C13H17N3O3S. The molecule has 2 N–H and O–H groups in total. The first-order valence-electron chi connectivity index (χ1n) is 6.30. The molecule has 1 unspecified atom stereocenters. The number of hydrogen-bond donors (Lipinski definition) is 2. The number of carbonyl (C=O) groups is 1. The smallest absolute Gasteiger partial charge is 0.275 e. The van der Waals surface area contributed by atoms with Crippen molar-refractivity contribution >= 4 is 35.4 Å². The van der Waals surface area contributed by atoms with Gasteiger partial charge in [-0.15, -0.1) is 5.10 Å². The molecule has 108 valence electrons. The number of rotatable bonds is 4. The third-order valence-corrected chi connectivity index (χ3v) is 3.60. The summed E-state index contributed by atoms with van der Waals surface area (Å²) in [7, 11) is 0. The summed E-state index contributed by atoms with van der Waals surface area (Å²) in [5.41, 5.74) is 3.26. The molecule has 1 aromatic rings. The molecule has 1 aromatic heterocycles. The van der Waals surface area contributed by atoms with Crippen LogP contribution in [0.2, 0.25) is 0 Å². The zero-order valence-corrected chi connectivity index (χ0v) is 12.3. The predicted molar refractivity (Wildman–Crippen MR) is 78.9 cm³/mol. The number of nitrogens with one attached hydrogen (secondary N) is 2. The number of carbonyl (C=O) groups excluding carboxylic acids is 1. The van der Waals surface area contributed by atoms with Crippen LogP contribution < -0.4 is 21.4 Å². The van der Waals surface area contributed by atoms with Crippen molar-refractivity contribution in [1.29, 1.82) is 0 Å². The molecule has 2 heterocycles. The van der Waals surface area contributed by atoms with Gasteiger partial charge in [0, 0.05) is 6.04 Å². The van der Waals surface area contributed by atoms with Crippen molar-refractivity contribution in [2.75, 3.05) is 5.75 Å². The molecule has 6 nitrogen and oxygen atoms in total. The van der Waals surface area contributed by atoms with E-state index in [4.69, 9.17) is 9.15 Å². The maximum Gasteiger partial charge on any atom is 0.275 e. The second kappa shape index (κ2) is 6.51. The van der Waals surface area contributed by atoms with Gasteiger partial charge >= 0.3 is 0 Å². The average Bonchev–Trinajstić information content (AvgIpc) is 3.04. The highest BCUT2D eigenvalue weighted by Gasteiger charge is 2.17. The number of hydrazone groups is 1. The minimum absolute atomic E-state index is 0.0368. The Bertz CT molecular complexity index is 623. The van der Waals surface area contributed by atoms with E-state index in [2.05, 4.69) is 22.4 Å². The fourth-order valence-electron chi connectivity index (χ4n) is 1.50. The van der Waals surface area contributed by atoms with E-state index in [9.17, 15) is 4.79 Å². The van der Waals surface area contributed by atoms with Crippen LogP contribution in [-0.2, 0) is 9.53 Å². The van der Waals surface area contributed by atoms with Crippen LogP contribution in [0.1, 0.15) is 20.3 Å². The van der Waals surface area contributed by atoms with Gasteiger partial charge in [0.2, 0.25) is 11.8 Å². The summed E-state index contributed by atoms with van der Waals surface area (Å²) >= 11 is 1.23. The Hall–Kier alpha value is -1.89. The van der Waals surface area contributed by atoms with E-state index in [1.807, 2.05) is 13.8 Å². The van der Waals surface area contributed by atoms with E-state index < -0.39 is 0 Å². The highest BCUT2D eigenvalue weighted by molar-refractivity contribution is 8.14. The normalized spacial score (nSPS) is 18.0. The minimum Gasteiger partial charge on any atom is -0.465 e. The standard InChI is InChI=1S/C13H17N3O3S/c1-4-8(2)14-11(17)7-20-13-16-15-12(19-13)10-5-6-18-9(10)3/h5-6,8,15H,3-4,7H2,1-2H3,(H,14,17). The van der Waals surface area contributed by atoms with Crippen molar-refractivity contribution in [3.8, 4) is 0 Å². The van der Waals surface area contributed by atoms with Crippen LogP contribution in [0.3, 0.4) is 0 Å². The Morgan fingerprint density at radius 3 is 3.10 bits per heavy atom. The number of furan rings is 1. The largest absolute Gasteiger partial charge is 0.465 e. The van der Waals surface area contributed by atoms with Crippen LogP contribution in [0.5, 0.6) is 0 Å². The first-order chi connectivity index (χ1) is 9.60. The monoisotopic (exact) mass is 295 g/mol. The number of nitrogens with zero attached hydrogens (tertiary/aromatic N) is 1. The van der Waals surface area contributed by atoms with E-state index in [0.29, 0.717) is 21.7 Å². The van der Waals surface area contributed by atoms with Gasteiger partial charge < -0.3 is 14.5 Å². The van der Waals surface area contributed by atoms with Gasteiger partial charge in [0.1, 0.15) is 5.42 Å². The Morgan fingerprint density at radius 2 is 2.45 bits per heavy atom. The zero-order chi connectivity index (χ0) is 14.5. The molecule has 0 aliphatic carbocycles. The fraction of sp³-hybridized carbons (Fsp3) is 0.385. The van der Waals surface area contributed by atoms with Gasteiger partial charge in [-0.1, -0.05) is 25.3 Å². The summed E-state index contributed by atoms with van der Waals surface area (Å²) < 4.78 is 10.6. The number of thioether (sulfide) groups is 1. The first kappa shape index (κ1) is 14.5. The van der Waals surface area contributed by atoms with Gasteiger partial charge in [0.25, 0.3) is 5.23 Å². The molecule has 0 bridgehead atoms. The van der Waals surface area contributed by atoms with Crippen LogP contribution in [0.4, 0.5) is 0 Å². The van der Waals surface area contributed by atoms with Crippen molar-refractivity contribution in [3.63, 3.8) is 0 Å². The topological polar surface area (TPSA) is 75.9 Å². The van der Waals surface area contributed by atoms with Crippen LogP contribution in [-0.4, -0.2) is 22.9 Å². The Morgan fingerprint density at radius 1 is 1.65 bits per heavy atom. The fourth-order valence-corrected chi connectivity index (χ4v) is 2.09. The predicted octanol–water partition coefficient (Wildman–Crippen LogP) is 0.294. The number of amides is 1. The summed E-state index contributed by atoms with van der Waals surface area (Å²) in [6.45, 7) is 7.73. The molecule has 1 amide bonds. The zero-order valence-electron chi connectivity index (χ0n) is 11.4. The van der Waals surface area contributed by atoms with E-state index in [0.717, 1.165) is 6.42 Å². The summed E-state index contributed by atoms with van der Waals surface area (Å²) in [4.78, 5) is 11.6. The van der Waals surface area contributed by atoms with Crippen LogP contribution >= 0.6 is 11.8 Å². The molecule has 0 saturated carbocycles. The van der Waals surface area contributed by atoms with Crippen molar-refractivity contribution < 1.29 is 13.9 Å². The molecule has 0 spiro atoms. The Kier molecular flexibility index (Phi) is 4.73. The molecule has 20 heavy (non-hydrogen) atoms. The highest BCUT2D eigenvalue weighted by atomic mass is 32.2. The SMILES string of the molecule is C=c1occc1=C1NN=C(SCC(=O)NC(C)CC)O1. The minimum atomic E-state index is -0.0368. The van der Waals surface area contributed by atoms with Crippen LogP contribution in [0, 0.1) is 0 Å². The van der Waals surface area contributed by atoms with Crippen molar-refractivity contribution in [2.24, 2.45) is 5.10 Å². The van der Waals surface area contributed by atoms with E-state index in [1.165, 1.54) is 18.0 Å². The first-order valence-corrected chi connectivity index (χ1v) is 7.29. The molecule has 1 aliphatic heterocycles. The lowest BCUT2D eigenvalue weighted by molar-refractivity contribution is -0.119. The van der Waals surface area contributed by atoms with Crippen molar-refractivity contribution in [2.45, 2.75) is 26.3 Å². The maximum atomic E-state index is 11.6. The highest BCUT2D eigenvalue weighted by Crippen LogP contribution is 2.13. The van der Waals surface area contributed by atoms with Gasteiger partial charge in [0.05, 0.1) is 17.2 Å². The summed E-state index contributed by atoms with van der Waals surface area (Å²) in [6.07, 6.45) is 2.43. The van der Waals surface area contributed by atoms with E-state index in [1.54, 1.807) is 6.07 Å². The van der Waals surface area contributed by atoms with E-state index in [-0.39, 0.29) is 17.7 Å². The van der Waals surface area contributed by atoms with E-state index >= 15 is 0 Å². The molecule has 0 aromatic carbocycles. The lowest BCUT2D eigenvalue weighted by Gasteiger charge is -2.10. The lowest BCUT2D eigenvalue weighted by atomic mass is 10.3. The summed E-state index contributed by atoms with van der Waals surface area (Å²) in [5.74, 6) is 0.694. The van der Waals surface area contributed by atoms with Crippen LogP contribution in [0.25, 0.3) is 12.5 Å². The summed E-state index contributed by atoms with van der Waals surface area (Å²) in [6, 6.07) is 1.91. The lowest BCUT2D eigenvalue weighted by Crippen LogP contribution is -2.33. The van der Waals surface area contributed by atoms with Crippen molar-refractivity contribution in [1.82, 2.24) is 10.7 Å². The molecular weight excluding hydrogens is 278 g/mol. The molecule has 1 atom stereocenters. The molecule has 0 radical (unpaired) electrons. The van der Waals surface area contributed by atoms with Gasteiger partial charge in [-0.05, 0) is 19.4 Å². The molecule has 1 aliphatic rings. The average molecular weight is 295 g/mol. The van der Waals surface area contributed by atoms with Gasteiger partial charge in [-0.2, -0.15) is 0 Å². The maximum absolute atomic E-state index is 11.6. The third kappa shape index (κ3) is 3.57. The van der Waals surface area contributed by atoms with Crippen molar-refractivity contribution in [3.05, 3.63) is 23.0 Å². The van der Waals surface area contributed by atoms with Crippen LogP contribution in [0.15, 0.2) is 21.8 Å². The van der Waals surface area contributed by atoms with Gasteiger partial charge in [-0.25, -0.2) is 5.43 Å².